The van der Waals surface area contributed by atoms with Gasteiger partial charge in [0.15, 0.2) is 0 Å². The molecule has 0 aromatic heterocycles. The first-order chi connectivity index (χ1) is 7.54. The van der Waals surface area contributed by atoms with Gasteiger partial charge in [0.05, 0.1) is 0 Å². The minimum absolute atomic E-state index is 0.336. The Morgan fingerprint density at radius 2 is 2.31 bits per heavy atom. The fourth-order valence-electron chi connectivity index (χ4n) is 1.41. The summed E-state index contributed by atoms with van der Waals surface area (Å²) in [4.78, 5) is 11.0. The van der Waals surface area contributed by atoms with E-state index in [4.69, 9.17) is 5.73 Å². The van der Waals surface area contributed by atoms with Crippen LogP contribution in [0, 0.1) is 0 Å². The predicted molar refractivity (Wildman–Crippen MR) is 60.0 cm³/mol. The third-order valence-electron chi connectivity index (χ3n) is 2.22. The third-order valence-corrected chi connectivity index (χ3v) is 2.70. The van der Waals surface area contributed by atoms with Crippen molar-refractivity contribution in [2.45, 2.75) is 19.4 Å². The molecule has 1 aromatic carbocycles. The van der Waals surface area contributed by atoms with Gasteiger partial charge in [0, 0.05) is 22.9 Å². The lowest BCUT2D eigenvalue weighted by Crippen LogP contribution is -2.23. The number of benzene rings is 1. The predicted octanol–water partition coefficient (Wildman–Crippen LogP) is 0.620. The molecule has 5 nitrogen and oxygen atoms in total. The second-order valence-electron chi connectivity index (χ2n) is 3.30. The molecule has 2 atom stereocenters. The Morgan fingerprint density at radius 3 is 2.81 bits per heavy atom. The molecule has 1 aromatic rings. The summed E-state index contributed by atoms with van der Waals surface area (Å²) in [5.74, 6) is -0.528. The third kappa shape index (κ3) is 3.41. The first-order valence-electron chi connectivity index (χ1n) is 4.79. The first-order valence-corrected chi connectivity index (χ1v) is 5.87. The molecule has 0 radical (unpaired) electrons. The second-order valence-corrected chi connectivity index (χ2v) is 4.01. The zero-order valence-corrected chi connectivity index (χ0v) is 9.62. The van der Waals surface area contributed by atoms with Crippen LogP contribution < -0.4 is 10.5 Å². The summed E-state index contributed by atoms with van der Waals surface area (Å²) in [7, 11) is 0. The zero-order valence-electron chi connectivity index (χ0n) is 8.80. The quantitative estimate of drug-likeness (QED) is 0.740. The number of hydrogen-bond donors (Lipinski definition) is 2. The first kappa shape index (κ1) is 12.8. The standard InChI is InChI=1S/C10H14N2O3S/c1-2-9(12-16(14)15)7-4-3-5-8(6-7)10(11)13/h3-6,9,12H,2H2,1H3,(H2,11,13)(H,14,15)/p-1. The molecule has 3 N–H and O–H groups in total. The number of nitrogens with one attached hydrogen (secondary N) is 1. The van der Waals surface area contributed by atoms with Crippen LogP contribution in [0.15, 0.2) is 24.3 Å². The number of hydrogen-bond acceptors (Lipinski definition) is 3. The van der Waals surface area contributed by atoms with Crippen LogP contribution in [-0.2, 0) is 11.3 Å². The number of primary amides is 1. The molecule has 16 heavy (non-hydrogen) atoms. The minimum atomic E-state index is -2.33. The summed E-state index contributed by atoms with van der Waals surface area (Å²) in [5, 5.41) is 0. The topological polar surface area (TPSA) is 95.2 Å². The van der Waals surface area contributed by atoms with Crippen molar-refractivity contribution >= 4 is 17.2 Å². The van der Waals surface area contributed by atoms with Crippen molar-refractivity contribution < 1.29 is 13.6 Å². The smallest absolute Gasteiger partial charge is 0.248 e. The van der Waals surface area contributed by atoms with Gasteiger partial charge >= 0.3 is 0 Å². The molecule has 0 spiro atoms. The largest absolute Gasteiger partial charge is 0.760 e. The number of carbonyl (C=O) groups excluding carboxylic acids is 1. The van der Waals surface area contributed by atoms with Gasteiger partial charge in [0.2, 0.25) is 5.91 Å². The molecule has 0 aliphatic heterocycles. The summed E-state index contributed by atoms with van der Waals surface area (Å²) in [5.41, 5.74) is 6.24. The van der Waals surface area contributed by atoms with Crippen LogP contribution in [0.3, 0.4) is 0 Å². The molecule has 0 saturated carbocycles. The highest BCUT2D eigenvalue weighted by atomic mass is 32.2. The molecule has 0 bridgehead atoms. The SMILES string of the molecule is CCC(NS(=O)[O-])c1cccc(C(N)=O)c1. The molecular weight excluding hydrogens is 228 g/mol. The van der Waals surface area contributed by atoms with Crippen LogP contribution in [0.5, 0.6) is 0 Å². The van der Waals surface area contributed by atoms with Gasteiger partial charge in [-0.15, -0.1) is 0 Å². The van der Waals surface area contributed by atoms with E-state index in [-0.39, 0.29) is 6.04 Å². The molecule has 2 unspecified atom stereocenters. The van der Waals surface area contributed by atoms with Crippen molar-refractivity contribution in [3.05, 3.63) is 35.4 Å². The molecule has 0 saturated heterocycles. The highest BCUT2D eigenvalue weighted by molar-refractivity contribution is 7.77. The van der Waals surface area contributed by atoms with Crippen LogP contribution in [-0.4, -0.2) is 14.7 Å². The van der Waals surface area contributed by atoms with Gasteiger partial charge in [-0.05, 0) is 24.1 Å². The Hall–Kier alpha value is -1.24. The maximum absolute atomic E-state index is 11.0. The van der Waals surface area contributed by atoms with Crippen molar-refractivity contribution in [2.24, 2.45) is 5.73 Å². The Morgan fingerprint density at radius 1 is 1.62 bits per heavy atom. The van der Waals surface area contributed by atoms with Crippen LogP contribution in [0.2, 0.25) is 0 Å². The Bertz CT molecular complexity index is 409. The van der Waals surface area contributed by atoms with Crippen molar-refractivity contribution in [1.29, 1.82) is 0 Å². The van der Waals surface area contributed by atoms with Crippen LogP contribution in [0.4, 0.5) is 0 Å². The van der Waals surface area contributed by atoms with Crippen LogP contribution in [0.25, 0.3) is 0 Å². The van der Waals surface area contributed by atoms with Gasteiger partial charge < -0.3 is 10.3 Å². The maximum atomic E-state index is 11.0. The number of amides is 1. The number of nitrogens with two attached hydrogens (primary N) is 1. The van der Waals surface area contributed by atoms with Crippen molar-refractivity contribution in [3.8, 4) is 0 Å². The Balaban J connectivity index is 2.96. The van der Waals surface area contributed by atoms with Crippen molar-refractivity contribution in [1.82, 2.24) is 4.72 Å². The van der Waals surface area contributed by atoms with Gasteiger partial charge in [0.1, 0.15) is 0 Å². The van der Waals surface area contributed by atoms with E-state index >= 15 is 0 Å². The monoisotopic (exact) mass is 241 g/mol. The van der Waals surface area contributed by atoms with Gasteiger partial charge in [-0.25, -0.2) is 4.72 Å². The average molecular weight is 241 g/mol. The molecule has 0 aliphatic carbocycles. The van der Waals surface area contributed by atoms with Crippen LogP contribution in [0.1, 0.15) is 35.3 Å². The lowest BCUT2D eigenvalue weighted by Gasteiger charge is -2.19. The molecule has 0 aliphatic rings. The molecule has 1 amide bonds. The molecule has 0 fully saturated rings. The lowest BCUT2D eigenvalue weighted by atomic mass is 10.0. The van der Waals surface area contributed by atoms with E-state index in [9.17, 15) is 13.6 Å². The van der Waals surface area contributed by atoms with E-state index in [2.05, 4.69) is 4.72 Å². The molecule has 88 valence electrons. The van der Waals surface area contributed by atoms with Crippen molar-refractivity contribution in [3.63, 3.8) is 0 Å². The number of carbonyl (C=O) groups is 1. The van der Waals surface area contributed by atoms with Crippen LogP contribution >= 0.6 is 0 Å². The maximum Gasteiger partial charge on any atom is 0.248 e. The molecular formula is C10H13N2O3S-. The van der Waals surface area contributed by atoms with Gasteiger partial charge in [-0.1, -0.05) is 19.1 Å². The van der Waals surface area contributed by atoms with Gasteiger partial charge in [-0.3, -0.25) is 9.00 Å². The molecule has 1 rings (SSSR count). The highest BCUT2D eigenvalue weighted by Gasteiger charge is 2.10. The number of rotatable bonds is 5. The highest BCUT2D eigenvalue weighted by Crippen LogP contribution is 2.17. The zero-order chi connectivity index (χ0) is 12.1. The minimum Gasteiger partial charge on any atom is -0.760 e. The van der Waals surface area contributed by atoms with Gasteiger partial charge in [0.25, 0.3) is 0 Å². The van der Waals surface area contributed by atoms with E-state index in [0.717, 1.165) is 5.56 Å². The Kier molecular flexibility index (Phi) is 4.60. The van der Waals surface area contributed by atoms with E-state index in [0.29, 0.717) is 12.0 Å². The lowest BCUT2D eigenvalue weighted by molar-refractivity contribution is 0.1000. The fourth-order valence-corrected chi connectivity index (χ4v) is 1.95. The second kappa shape index (κ2) is 5.74. The normalized spacial score (nSPS) is 14.4. The van der Waals surface area contributed by atoms with E-state index in [1.54, 1.807) is 24.3 Å². The molecule has 6 heteroatoms. The van der Waals surface area contributed by atoms with Gasteiger partial charge in [-0.2, -0.15) is 0 Å². The summed E-state index contributed by atoms with van der Waals surface area (Å²) < 4.78 is 23.5. The van der Waals surface area contributed by atoms with E-state index < -0.39 is 17.2 Å². The summed E-state index contributed by atoms with van der Waals surface area (Å²) in [6.45, 7) is 1.85. The fraction of sp³-hybridized carbons (Fsp3) is 0.300. The summed E-state index contributed by atoms with van der Waals surface area (Å²) >= 11 is -2.33. The average Bonchev–Trinajstić information content (AvgIpc) is 2.25. The summed E-state index contributed by atoms with van der Waals surface area (Å²) in [6.07, 6.45) is 0.593. The summed E-state index contributed by atoms with van der Waals surface area (Å²) in [6, 6.07) is 6.27. The van der Waals surface area contributed by atoms with Crippen molar-refractivity contribution in [2.75, 3.05) is 0 Å². The van der Waals surface area contributed by atoms with E-state index in [1.807, 2.05) is 6.92 Å². The molecule has 0 heterocycles. The Labute approximate surface area is 96.5 Å². The van der Waals surface area contributed by atoms with E-state index in [1.165, 1.54) is 0 Å².